The average molecular weight is 348 g/mol. The first-order chi connectivity index (χ1) is 12.7. The van der Waals surface area contributed by atoms with Crippen molar-refractivity contribution in [1.29, 1.82) is 0 Å². The van der Waals surface area contributed by atoms with Gasteiger partial charge in [0.15, 0.2) is 0 Å². The molecule has 0 amide bonds. The molecule has 2 aromatic carbocycles. The number of fused-ring (bicyclic) bond motifs is 1. The van der Waals surface area contributed by atoms with Crippen LogP contribution in [0.1, 0.15) is 24.0 Å². The van der Waals surface area contributed by atoms with Crippen molar-refractivity contribution in [3.63, 3.8) is 0 Å². The Kier molecular flexibility index (Phi) is 4.76. The molecule has 1 N–H and O–H groups in total. The number of rotatable bonds is 4. The first-order valence-corrected chi connectivity index (χ1v) is 9.25. The minimum absolute atomic E-state index is 0.301. The fraction of sp³-hybridized carbons (Fsp3) is 0.318. The lowest BCUT2D eigenvalue weighted by Gasteiger charge is -2.33. The van der Waals surface area contributed by atoms with Crippen LogP contribution in [0.25, 0.3) is 11.0 Å². The molecule has 0 saturated carbocycles. The summed E-state index contributed by atoms with van der Waals surface area (Å²) in [6.45, 7) is 5.18. The Labute approximate surface area is 153 Å². The van der Waals surface area contributed by atoms with Crippen LogP contribution in [0.4, 0.5) is 5.69 Å². The molecule has 134 valence electrons. The van der Waals surface area contributed by atoms with Gasteiger partial charge in [0.2, 0.25) is 0 Å². The van der Waals surface area contributed by atoms with Crippen molar-refractivity contribution in [2.45, 2.75) is 32.4 Å². The standard InChI is InChI=1S/C22H24N2O2/c1-16-7-8-21-19(13-16)20(14-22(25)26-21)23-18-9-11-24(12-10-18)15-17-5-3-2-4-6-17/h2-8,13-14,18,23H,9-12,15H2,1H3. The molecule has 1 aliphatic heterocycles. The summed E-state index contributed by atoms with van der Waals surface area (Å²) >= 11 is 0. The molecule has 1 fully saturated rings. The van der Waals surface area contributed by atoms with E-state index in [1.165, 1.54) is 5.56 Å². The van der Waals surface area contributed by atoms with E-state index >= 15 is 0 Å². The first kappa shape index (κ1) is 16.9. The van der Waals surface area contributed by atoms with Gasteiger partial charge in [-0.15, -0.1) is 0 Å². The quantitative estimate of drug-likeness (QED) is 0.719. The molecule has 0 atom stereocenters. The lowest BCUT2D eigenvalue weighted by atomic mass is 10.0. The SMILES string of the molecule is Cc1ccc2oc(=O)cc(NC3CCN(Cc4ccccc4)CC3)c2c1. The number of nitrogens with zero attached hydrogens (tertiary/aromatic N) is 1. The molecule has 4 rings (SSSR count). The van der Waals surface area contributed by atoms with Gasteiger partial charge in [-0.1, -0.05) is 42.0 Å². The number of piperidine rings is 1. The Balaban J connectivity index is 1.44. The molecule has 26 heavy (non-hydrogen) atoms. The largest absolute Gasteiger partial charge is 0.423 e. The van der Waals surface area contributed by atoms with Crippen molar-refractivity contribution in [2.75, 3.05) is 18.4 Å². The predicted molar refractivity (Wildman–Crippen MR) is 106 cm³/mol. The van der Waals surface area contributed by atoms with Gasteiger partial charge in [-0.2, -0.15) is 0 Å². The summed E-state index contributed by atoms with van der Waals surface area (Å²) in [6, 6.07) is 18.5. The Morgan fingerprint density at radius 2 is 1.85 bits per heavy atom. The Hall–Kier alpha value is -2.59. The number of likely N-dealkylation sites (tertiary alicyclic amines) is 1. The first-order valence-electron chi connectivity index (χ1n) is 9.25. The third-order valence-electron chi connectivity index (χ3n) is 5.09. The van der Waals surface area contributed by atoms with Gasteiger partial charge in [-0.25, -0.2) is 4.79 Å². The molecule has 1 aliphatic rings. The second kappa shape index (κ2) is 7.34. The van der Waals surface area contributed by atoms with E-state index in [1.807, 2.05) is 12.1 Å². The van der Waals surface area contributed by atoms with E-state index in [2.05, 4.69) is 53.5 Å². The Morgan fingerprint density at radius 3 is 2.62 bits per heavy atom. The molecule has 4 heteroatoms. The molecule has 0 bridgehead atoms. The Bertz CT molecular complexity index is 941. The van der Waals surface area contributed by atoms with Gasteiger partial charge in [0.1, 0.15) is 5.58 Å². The molecule has 0 spiro atoms. The zero-order valence-corrected chi connectivity index (χ0v) is 15.1. The maximum Gasteiger partial charge on any atom is 0.338 e. The van der Waals surface area contributed by atoms with Crippen LogP contribution in [-0.4, -0.2) is 24.0 Å². The maximum atomic E-state index is 11.9. The molecule has 3 aromatic rings. The normalized spacial score (nSPS) is 16.0. The second-order valence-corrected chi connectivity index (χ2v) is 7.16. The van der Waals surface area contributed by atoms with Gasteiger partial charge in [-0.05, 0) is 37.5 Å². The van der Waals surface area contributed by atoms with E-state index in [9.17, 15) is 4.79 Å². The summed E-state index contributed by atoms with van der Waals surface area (Å²) in [5, 5.41) is 4.57. The highest BCUT2D eigenvalue weighted by Gasteiger charge is 2.20. The zero-order valence-electron chi connectivity index (χ0n) is 15.1. The van der Waals surface area contributed by atoms with Crippen LogP contribution in [0, 0.1) is 6.92 Å². The summed E-state index contributed by atoms with van der Waals surface area (Å²) < 4.78 is 5.33. The van der Waals surface area contributed by atoms with E-state index in [-0.39, 0.29) is 5.63 Å². The van der Waals surface area contributed by atoms with Crippen molar-refractivity contribution < 1.29 is 4.42 Å². The number of hydrogen-bond acceptors (Lipinski definition) is 4. The van der Waals surface area contributed by atoms with Crippen LogP contribution in [0.3, 0.4) is 0 Å². The summed E-state index contributed by atoms with van der Waals surface area (Å²) in [7, 11) is 0. The summed E-state index contributed by atoms with van der Waals surface area (Å²) in [5.74, 6) is 0. The van der Waals surface area contributed by atoms with Gasteiger partial charge in [0, 0.05) is 37.1 Å². The van der Waals surface area contributed by atoms with Crippen molar-refractivity contribution in [2.24, 2.45) is 0 Å². The molecule has 2 heterocycles. The molecule has 1 aromatic heterocycles. The van der Waals surface area contributed by atoms with Crippen LogP contribution in [-0.2, 0) is 6.54 Å². The lowest BCUT2D eigenvalue weighted by molar-refractivity contribution is 0.211. The highest BCUT2D eigenvalue weighted by molar-refractivity contribution is 5.90. The number of aryl methyl sites for hydroxylation is 1. The second-order valence-electron chi connectivity index (χ2n) is 7.16. The van der Waals surface area contributed by atoms with Crippen LogP contribution in [0.5, 0.6) is 0 Å². The van der Waals surface area contributed by atoms with Gasteiger partial charge >= 0.3 is 5.63 Å². The topological polar surface area (TPSA) is 45.5 Å². The number of hydrogen-bond donors (Lipinski definition) is 1. The highest BCUT2D eigenvalue weighted by atomic mass is 16.4. The summed E-state index contributed by atoms with van der Waals surface area (Å²) in [5.41, 5.74) is 3.76. The van der Waals surface area contributed by atoms with Gasteiger partial charge in [-0.3, -0.25) is 4.90 Å². The summed E-state index contributed by atoms with van der Waals surface area (Å²) in [4.78, 5) is 14.4. The predicted octanol–water partition coefficient (Wildman–Crippen LogP) is 4.18. The molecular weight excluding hydrogens is 324 g/mol. The third kappa shape index (κ3) is 3.81. The molecule has 0 aliphatic carbocycles. The van der Waals surface area contributed by atoms with E-state index in [0.717, 1.165) is 49.1 Å². The molecule has 0 radical (unpaired) electrons. The van der Waals surface area contributed by atoms with Crippen molar-refractivity contribution in [3.05, 3.63) is 76.1 Å². The zero-order chi connectivity index (χ0) is 17.9. The van der Waals surface area contributed by atoms with E-state index in [4.69, 9.17) is 4.42 Å². The number of benzene rings is 2. The molecule has 1 saturated heterocycles. The fourth-order valence-corrected chi connectivity index (χ4v) is 3.69. The fourth-order valence-electron chi connectivity index (χ4n) is 3.69. The molecule has 0 unspecified atom stereocenters. The van der Waals surface area contributed by atoms with E-state index in [1.54, 1.807) is 6.07 Å². The molecular formula is C22H24N2O2. The van der Waals surface area contributed by atoms with Crippen molar-refractivity contribution >= 4 is 16.7 Å². The summed E-state index contributed by atoms with van der Waals surface area (Å²) in [6.07, 6.45) is 2.14. The van der Waals surface area contributed by atoms with Gasteiger partial charge < -0.3 is 9.73 Å². The van der Waals surface area contributed by atoms with Gasteiger partial charge in [0.05, 0.1) is 5.69 Å². The lowest BCUT2D eigenvalue weighted by Crippen LogP contribution is -2.38. The van der Waals surface area contributed by atoms with Crippen LogP contribution >= 0.6 is 0 Å². The Morgan fingerprint density at radius 1 is 1.08 bits per heavy atom. The number of nitrogens with one attached hydrogen (secondary N) is 1. The van der Waals surface area contributed by atoms with Crippen LogP contribution in [0.2, 0.25) is 0 Å². The minimum atomic E-state index is -0.301. The monoisotopic (exact) mass is 348 g/mol. The molecule has 4 nitrogen and oxygen atoms in total. The van der Waals surface area contributed by atoms with Crippen LogP contribution in [0.15, 0.2) is 63.8 Å². The minimum Gasteiger partial charge on any atom is -0.423 e. The number of anilines is 1. The average Bonchev–Trinajstić information content (AvgIpc) is 2.65. The smallest absolute Gasteiger partial charge is 0.338 e. The van der Waals surface area contributed by atoms with Gasteiger partial charge in [0.25, 0.3) is 0 Å². The maximum absolute atomic E-state index is 11.9. The van der Waals surface area contributed by atoms with E-state index in [0.29, 0.717) is 11.6 Å². The van der Waals surface area contributed by atoms with Crippen molar-refractivity contribution in [1.82, 2.24) is 4.90 Å². The van der Waals surface area contributed by atoms with Crippen LogP contribution < -0.4 is 10.9 Å². The van der Waals surface area contributed by atoms with E-state index < -0.39 is 0 Å². The highest BCUT2D eigenvalue weighted by Crippen LogP contribution is 2.25. The van der Waals surface area contributed by atoms with Crippen molar-refractivity contribution in [3.8, 4) is 0 Å². The third-order valence-corrected chi connectivity index (χ3v) is 5.09.